The number of aromatic amines is 1. The van der Waals surface area contributed by atoms with Crippen LogP contribution in [0, 0.1) is 0 Å². The summed E-state index contributed by atoms with van der Waals surface area (Å²) in [5, 5.41) is 9.74. The lowest BCUT2D eigenvalue weighted by Gasteiger charge is -2.41. The molecule has 0 spiro atoms. The molecule has 1 amide bonds. The molecule has 1 aromatic heterocycles. The van der Waals surface area contributed by atoms with E-state index in [1.165, 1.54) is 11.9 Å². The largest absolute Gasteiger partial charge is 0.479 e. The normalized spacial score (nSPS) is 19.4. The molecule has 1 heterocycles. The molecule has 0 aliphatic heterocycles. The number of carbonyl (C=O) groups excluding carboxylic acids is 1. The highest BCUT2D eigenvalue weighted by atomic mass is 16.4. The number of fused-ring (bicyclic) bond motifs is 1. The van der Waals surface area contributed by atoms with E-state index in [1.54, 1.807) is 6.07 Å². The van der Waals surface area contributed by atoms with E-state index in [1.807, 2.05) is 0 Å². The lowest BCUT2D eigenvalue weighted by atomic mass is 9.80. The number of aliphatic carboxylic acids is 1. The van der Waals surface area contributed by atoms with Crippen molar-refractivity contribution in [3.05, 3.63) is 33.2 Å². The molecule has 0 bridgehead atoms. The van der Waals surface area contributed by atoms with Gasteiger partial charge in [0.05, 0.1) is 0 Å². The fourth-order valence-electron chi connectivity index (χ4n) is 4.04. The zero-order valence-electron chi connectivity index (χ0n) is 14.1. The number of carboxylic acids is 1. The number of carboxylic acid groups (broad SMARTS) is 1. The van der Waals surface area contributed by atoms with Crippen LogP contribution in [-0.2, 0) is 17.6 Å². The van der Waals surface area contributed by atoms with Crippen LogP contribution in [0.1, 0.15) is 66.6 Å². The maximum atomic E-state index is 12.9. The van der Waals surface area contributed by atoms with Gasteiger partial charge in [-0.25, -0.2) is 4.79 Å². The first kappa shape index (κ1) is 16.7. The van der Waals surface area contributed by atoms with Gasteiger partial charge in [-0.15, -0.1) is 0 Å². The Morgan fingerprint density at radius 2 is 1.79 bits per heavy atom. The standard InChI is InChI=1S/C18H24N2O4/c1-20(18(17(23)24)9-5-2-6-10-18)16(22)13-11-12-7-3-4-8-14(12)19-15(13)21/h11H,2-10H2,1H3,(H,19,21)(H,23,24). The number of nitrogens with zero attached hydrogens (tertiary/aromatic N) is 1. The second-order valence-electron chi connectivity index (χ2n) is 6.98. The van der Waals surface area contributed by atoms with E-state index in [0.717, 1.165) is 56.2 Å². The van der Waals surface area contributed by atoms with E-state index in [2.05, 4.69) is 4.98 Å². The van der Waals surface area contributed by atoms with Crippen LogP contribution in [0.3, 0.4) is 0 Å². The molecule has 1 fully saturated rings. The second-order valence-corrected chi connectivity index (χ2v) is 6.98. The van der Waals surface area contributed by atoms with Crippen LogP contribution in [-0.4, -0.2) is 39.5 Å². The summed E-state index contributed by atoms with van der Waals surface area (Å²) in [7, 11) is 1.51. The molecule has 0 unspecified atom stereocenters. The number of nitrogens with one attached hydrogen (secondary N) is 1. The first-order valence-electron chi connectivity index (χ1n) is 8.72. The number of aryl methyl sites for hydroxylation is 2. The smallest absolute Gasteiger partial charge is 0.329 e. The quantitative estimate of drug-likeness (QED) is 0.887. The van der Waals surface area contributed by atoms with Crippen molar-refractivity contribution in [2.45, 2.75) is 63.3 Å². The molecule has 2 aliphatic carbocycles. The Hall–Kier alpha value is -2.11. The summed E-state index contributed by atoms with van der Waals surface area (Å²) in [6.45, 7) is 0. The Morgan fingerprint density at radius 3 is 2.46 bits per heavy atom. The van der Waals surface area contributed by atoms with Crippen LogP contribution in [0.5, 0.6) is 0 Å². The third kappa shape index (κ3) is 2.74. The molecule has 3 rings (SSSR count). The van der Waals surface area contributed by atoms with Crippen molar-refractivity contribution in [3.63, 3.8) is 0 Å². The van der Waals surface area contributed by atoms with Crippen LogP contribution in [0.4, 0.5) is 0 Å². The van der Waals surface area contributed by atoms with Crippen LogP contribution in [0.2, 0.25) is 0 Å². The van der Waals surface area contributed by atoms with Gasteiger partial charge in [0, 0.05) is 12.7 Å². The van der Waals surface area contributed by atoms with E-state index >= 15 is 0 Å². The third-order valence-electron chi connectivity index (χ3n) is 5.59. The van der Waals surface area contributed by atoms with Gasteiger partial charge in [-0.3, -0.25) is 9.59 Å². The molecule has 130 valence electrons. The molecule has 0 saturated heterocycles. The van der Waals surface area contributed by atoms with Gasteiger partial charge < -0.3 is 15.0 Å². The Bertz CT molecular complexity index is 716. The summed E-state index contributed by atoms with van der Waals surface area (Å²) < 4.78 is 0. The summed E-state index contributed by atoms with van der Waals surface area (Å²) in [5.74, 6) is -1.47. The van der Waals surface area contributed by atoms with Gasteiger partial charge in [0.25, 0.3) is 11.5 Å². The SMILES string of the molecule is CN(C(=O)c1cc2c([nH]c1=O)CCCC2)C1(C(=O)O)CCCCC1. The van der Waals surface area contributed by atoms with Crippen molar-refractivity contribution in [2.24, 2.45) is 0 Å². The van der Waals surface area contributed by atoms with Gasteiger partial charge in [-0.1, -0.05) is 19.3 Å². The topological polar surface area (TPSA) is 90.5 Å². The first-order valence-corrected chi connectivity index (χ1v) is 8.72. The molecule has 0 radical (unpaired) electrons. The van der Waals surface area contributed by atoms with E-state index < -0.39 is 23.0 Å². The second kappa shape index (κ2) is 6.42. The van der Waals surface area contributed by atoms with Gasteiger partial charge in [-0.05, 0) is 50.2 Å². The van der Waals surface area contributed by atoms with E-state index in [-0.39, 0.29) is 5.56 Å². The van der Waals surface area contributed by atoms with Crippen molar-refractivity contribution >= 4 is 11.9 Å². The van der Waals surface area contributed by atoms with Crippen molar-refractivity contribution in [1.82, 2.24) is 9.88 Å². The van der Waals surface area contributed by atoms with Crippen molar-refractivity contribution in [3.8, 4) is 0 Å². The highest BCUT2D eigenvalue weighted by Gasteiger charge is 2.46. The number of likely N-dealkylation sites (N-methyl/N-ethyl adjacent to an activating group) is 1. The minimum atomic E-state index is -1.20. The number of carbonyl (C=O) groups is 2. The van der Waals surface area contributed by atoms with Crippen molar-refractivity contribution in [2.75, 3.05) is 7.05 Å². The molecule has 2 N–H and O–H groups in total. The van der Waals surface area contributed by atoms with Crippen LogP contribution < -0.4 is 5.56 Å². The van der Waals surface area contributed by atoms with Crippen LogP contribution >= 0.6 is 0 Å². The number of rotatable bonds is 3. The molecule has 0 atom stereocenters. The minimum absolute atomic E-state index is 0.0596. The van der Waals surface area contributed by atoms with Gasteiger partial charge in [0.15, 0.2) is 0 Å². The number of amides is 1. The molecule has 2 aliphatic rings. The molecule has 1 aromatic rings. The summed E-state index contributed by atoms with van der Waals surface area (Å²) in [6, 6.07) is 1.67. The third-order valence-corrected chi connectivity index (χ3v) is 5.59. The average Bonchev–Trinajstić information content (AvgIpc) is 2.60. The van der Waals surface area contributed by atoms with E-state index in [0.29, 0.717) is 12.8 Å². The highest BCUT2D eigenvalue weighted by molar-refractivity contribution is 5.97. The van der Waals surface area contributed by atoms with Gasteiger partial charge >= 0.3 is 5.97 Å². The molecular weight excluding hydrogens is 308 g/mol. The predicted octanol–water partition coefficient (Wildman–Crippen LogP) is 2.11. The molecular formula is C18H24N2O4. The molecule has 6 nitrogen and oxygen atoms in total. The molecule has 0 aromatic carbocycles. The fraction of sp³-hybridized carbons (Fsp3) is 0.611. The minimum Gasteiger partial charge on any atom is -0.479 e. The van der Waals surface area contributed by atoms with E-state index in [4.69, 9.17) is 0 Å². The molecule has 24 heavy (non-hydrogen) atoms. The highest BCUT2D eigenvalue weighted by Crippen LogP contribution is 2.34. The Balaban J connectivity index is 1.96. The van der Waals surface area contributed by atoms with Gasteiger partial charge in [0.1, 0.15) is 11.1 Å². The predicted molar refractivity (Wildman–Crippen MR) is 89.3 cm³/mol. The fourth-order valence-corrected chi connectivity index (χ4v) is 4.04. The maximum Gasteiger partial charge on any atom is 0.329 e. The maximum absolute atomic E-state index is 12.9. The van der Waals surface area contributed by atoms with Gasteiger partial charge in [-0.2, -0.15) is 0 Å². The number of H-pyrrole nitrogens is 1. The summed E-state index contributed by atoms with van der Waals surface area (Å²) in [5.41, 5.74) is 0.368. The Kier molecular flexibility index (Phi) is 4.47. The lowest BCUT2D eigenvalue weighted by Crippen LogP contribution is -2.57. The number of pyridine rings is 1. The summed E-state index contributed by atoms with van der Waals surface area (Å²) in [6.07, 6.45) is 7.18. The van der Waals surface area contributed by atoms with Crippen LogP contribution in [0.25, 0.3) is 0 Å². The van der Waals surface area contributed by atoms with Crippen molar-refractivity contribution < 1.29 is 14.7 Å². The number of hydrogen-bond acceptors (Lipinski definition) is 3. The summed E-state index contributed by atoms with van der Waals surface area (Å²) in [4.78, 5) is 41.3. The monoisotopic (exact) mass is 332 g/mol. The lowest BCUT2D eigenvalue weighted by molar-refractivity contribution is -0.151. The Labute approximate surface area is 140 Å². The Morgan fingerprint density at radius 1 is 1.12 bits per heavy atom. The molecule has 6 heteroatoms. The van der Waals surface area contributed by atoms with Crippen molar-refractivity contribution in [1.29, 1.82) is 0 Å². The summed E-state index contributed by atoms with van der Waals surface area (Å²) >= 11 is 0. The van der Waals surface area contributed by atoms with Crippen LogP contribution in [0.15, 0.2) is 10.9 Å². The number of hydrogen-bond donors (Lipinski definition) is 2. The van der Waals surface area contributed by atoms with E-state index in [9.17, 15) is 19.5 Å². The zero-order valence-corrected chi connectivity index (χ0v) is 14.1. The molecule has 1 saturated carbocycles. The number of aromatic nitrogens is 1. The van der Waals surface area contributed by atoms with Gasteiger partial charge in [0.2, 0.25) is 0 Å². The zero-order chi connectivity index (χ0) is 17.3. The first-order chi connectivity index (χ1) is 11.5. The average molecular weight is 332 g/mol.